The molecular weight excluding hydrogens is 300 g/mol. The summed E-state index contributed by atoms with van der Waals surface area (Å²) in [4.78, 5) is 12.2. The Morgan fingerprint density at radius 3 is 2.82 bits per heavy atom. The number of fused-ring (bicyclic) bond motifs is 1. The zero-order chi connectivity index (χ0) is 14.8. The van der Waals surface area contributed by atoms with Crippen LogP contribution in [-0.2, 0) is 0 Å². The third-order valence-corrected chi connectivity index (χ3v) is 4.31. The molecule has 0 radical (unpaired) electrons. The summed E-state index contributed by atoms with van der Waals surface area (Å²) in [6.45, 7) is 6.90. The number of carbonyl (C=O) groups excluding carboxylic acids is 1. The van der Waals surface area contributed by atoms with Crippen LogP contribution in [0.1, 0.15) is 34.5 Å². The SMILES string of the molecule is Cc1cc2cc(C(=O)NCC3CCCNC3)oc2cc1C.Cl. The number of piperidine rings is 1. The van der Waals surface area contributed by atoms with E-state index in [1.54, 1.807) is 0 Å². The van der Waals surface area contributed by atoms with Gasteiger partial charge in [0.15, 0.2) is 5.76 Å². The van der Waals surface area contributed by atoms with E-state index in [0.29, 0.717) is 18.2 Å². The summed E-state index contributed by atoms with van der Waals surface area (Å²) in [5.41, 5.74) is 3.17. The van der Waals surface area contributed by atoms with Gasteiger partial charge in [-0.3, -0.25) is 4.79 Å². The van der Waals surface area contributed by atoms with Gasteiger partial charge in [-0.15, -0.1) is 12.4 Å². The number of carbonyl (C=O) groups is 1. The van der Waals surface area contributed by atoms with E-state index in [9.17, 15) is 4.79 Å². The lowest BCUT2D eigenvalue weighted by molar-refractivity contribution is 0.0919. The van der Waals surface area contributed by atoms with Gasteiger partial charge < -0.3 is 15.1 Å². The number of hydrogen-bond acceptors (Lipinski definition) is 3. The molecule has 2 heterocycles. The first-order valence-corrected chi connectivity index (χ1v) is 7.63. The first-order chi connectivity index (χ1) is 10.1. The standard InChI is InChI=1S/C17H22N2O2.ClH/c1-11-6-14-8-16(21-15(14)7-12(11)2)17(20)19-10-13-4-3-5-18-9-13;/h6-8,13,18H,3-5,9-10H2,1-2H3,(H,19,20);1H. The van der Waals surface area contributed by atoms with Crippen molar-refractivity contribution in [1.82, 2.24) is 10.6 Å². The van der Waals surface area contributed by atoms with Crippen molar-refractivity contribution in [3.8, 4) is 0 Å². The molecule has 1 aromatic heterocycles. The van der Waals surface area contributed by atoms with E-state index in [0.717, 1.165) is 24.1 Å². The maximum absolute atomic E-state index is 12.2. The fraction of sp³-hybridized carbons (Fsp3) is 0.471. The number of halogens is 1. The minimum absolute atomic E-state index is 0. The van der Waals surface area contributed by atoms with Gasteiger partial charge in [0.25, 0.3) is 5.91 Å². The molecule has 4 nitrogen and oxygen atoms in total. The Bertz CT molecular complexity index is 621. The second kappa shape index (κ2) is 7.16. The second-order valence-electron chi connectivity index (χ2n) is 6.01. The molecule has 1 aliphatic heterocycles. The lowest BCUT2D eigenvalue weighted by Gasteiger charge is -2.22. The van der Waals surface area contributed by atoms with Gasteiger partial charge in [0.1, 0.15) is 5.58 Å². The third kappa shape index (κ3) is 3.62. The molecule has 1 fully saturated rings. The highest BCUT2D eigenvalue weighted by atomic mass is 35.5. The Morgan fingerprint density at radius 2 is 2.09 bits per heavy atom. The summed E-state index contributed by atoms with van der Waals surface area (Å²) >= 11 is 0. The molecule has 3 rings (SSSR count). The summed E-state index contributed by atoms with van der Waals surface area (Å²) < 4.78 is 5.68. The number of hydrogen-bond donors (Lipinski definition) is 2. The van der Waals surface area contributed by atoms with Gasteiger partial charge in [-0.05, 0) is 75.0 Å². The molecule has 1 amide bonds. The molecule has 2 N–H and O–H groups in total. The van der Waals surface area contributed by atoms with Crippen LogP contribution in [0, 0.1) is 19.8 Å². The highest BCUT2D eigenvalue weighted by molar-refractivity contribution is 5.96. The van der Waals surface area contributed by atoms with Crippen LogP contribution in [0.3, 0.4) is 0 Å². The van der Waals surface area contributed by atoms with Crippen molar-refractivity contribution in [2.24, 2.45) is 5.92 Å². The zero-order valence-electron chi connectivity index (χ0n) is 13.1. The van der Waals surface area contributed by atoms with Gasteiger partial charge in [0.2, 0.25) is 0 Å². The van der Waals surface area contributed by atoms with Gasteiger partial charge in [0.05, 0.1) is 0 Å². The lowest BCUT2D eigenvalue weighted by atomic mass is 10.00. The largest absolute Gasteiger partial charge is 0.451 e. The van der Waals surface area contributed by atoms with Crippen LogP contribution in [-0.4, -0.2) is 25.5 Å². The molecule has 1 aromatic carbocycles. The molecular formula is C17H23ClN2O2. The van der Waals surface area contributed by atoms with Gasteiger partial charge in [-0.1, -0.05) is 0 Å². The predicted octanol–water partition coefficient (Wildman–Crippen LogP) is 3.20. The highest BCUT2D eigenvalue weighted by Crippen LogP contribution is 2.23. The van der Waals surface area contributed by atoms with E-state index in [4.69, 9.17) is 4.42 Å². The Hall–Kier alpha value is -1.52. The first kappa shape index (κ1) is 16.8. The van der Waals surface area contributed by atoms with E-state index in [1.165, 1.54) is 24.0 Å². The van der Waals surface area contributed by atoms with Crippen LogP contribution >= 0.6 is 12.4 Å². The van der Waals surface area contributed by atoms with Gasteiger partial charge in [-0.2, -0.15) is 0 Å². The second-order valence-corrected chi connectivity index (χ2v) is 6.01. The summed E-state index contributed by atoms with van der Waals surface area (Å²) in [6, 6.07) is 5.89. The molecule has 2 aromatic rings. The number of amides is 1. The molecule has 0 spiro atoms. The minimum atomic E-state index is -0.118. The molecule has 0 bridgehead atoms. The summed E-state index contributed by atoms with van der Waals surface area (Å²) in [5, 5.41) is 7.33. The van der Waals surface area contributed by atoms with E-state index in [1.807, 2.05) is 19.1 Å². The lowest BCUT2D eigenvalue weighted by Crippen LogP contribution is -2.38. The number of nitrogens with one attached hydrogen (secondary N) is 2. The van der Waals surface area contributed by atoms with Crippen LogP contribution < -0.4 is 10.6 Å². The molecule has 22 heavy (non-hydrogen) atoms. The van der Waals surface area contributed by atoms with Crippen molar-refractivity contribution in [3.63, 3.8) is 0 Å². The van der Waals surface area contributed by atoms with E-state index >= 15 is 0 Å². The van der Waals surface area contributed by atoms with Gasteiger partial charge in [0, 0.05) is 11.9 Å². The number of benzene rings is 1. The molecule has 1 aliphatic rings. The summed E-state index contributed by atoms with van der Waals surface area (Å²) in [6.07, 6.45) is 2.36. The Kier molecular flexibility index (Phi) is 5.48. The number of furan rings is 1. The van der Waals surface area contributed by atoms with Crippen LogP contribution in [0.25, 0.3) is 11.0 Å². The highest BCUT2D eigenvalue weighted by Gasteiger charge is 2.17. The van der Waals surface area contributed by atoms with Crippen molar-refractivity contribution in [1.29, 1.82) is 0 Å². The monoisotopic (exact) mass is 322 g/mol. The molecule has 5 heteroatoms. The minimum Gasteiger partial charge on any atom is -0.451 e. The molecule has 120 valence electrons. The van der Waals surface area contributed by atoms with Crippen LogP contribution in [0.15, 0.2) is 22.6 Å². The molecule has 1 atom stereocenters. The van der Waals surface area contributed by atoms with Crippen LogP contribution in [0.4, 0.5) is 0 Å². The van der Waals surface area contributed by atoms with E-state index in [2.05, 4.69) is 23.6 Å². The van der Waals surface area contributed by atoms with Crippen molar-refractivity contribution in [3.05, 3.63) is 35.1 Å². The topological polar surface area (TPSA) is 54.3 Å². The average Bonchev–Trinajstić information content (AvgIpc) is 2.89. The smallest absolute Gasteiger partial charge is 0.287 e. The quantitative estimate of drug-likeness (QED) is 0.912. The number of rotatable bonds is 3. The third-order valence-electron chi connectivity index (χ3n) is 4.31. The zero-order valence-corrected chi connectivity index (χ0v) is 13.9. The Morgan fingerprint density at radius 1 is 1.32 bits per heavy atom. The van der Waals surface area contributed by atoms with Crippen molar-refractivity contribution < 1.29 is 9.21 Å². The average molecular weight is 323 g/mol. The molecule has 1 unspecified atom stereocenters. The predicted molar refractivity (Wildman–Crippen MR) is 90.9 cm³/mol. The molecule has 1 saturated heterocycles. The van der Waals surface area contributed by atoms with E-state index < -0.39 is 0 Å². The number of aryl methyl sites for hydroxylation is 2. The van der Waals surface area contributed by atoms with Crippen LogP contribution in [0.5, 0.6) is 0 Å². The van der Waals surface area contributed by atoms with Crippen molar-refractivity contribution in [2.75, 3.05) is 19.6 Å². The summed E-state index contributed by atoms with van der Waals surface area (Å²) in [5.74, 6) is 0.808. The fourth-order valence-corrected chi connectivity index (χ4v) is 2.84. The molecule has 0 saturated carbocycles. The Labute approximate surface area is 137 Å². The van der Waals surface area contributed by atoms with Crippen molar-refractivity contribution >= 4 is 29.3 Å². The first-order valence-electron chi connectivity index (χ1n) is 7.63. The maximum atomic E-state index is 12.2. The fourth-order valence-electron chi connectivity index (χ4n) is 2.84. The molecule has 0 aliphatic carbocycles. The Balaban J connectivity index is 0.00000176. The van der Waals surface area contributed by atoms with Crippen LogP contribution in [0.2, 0.25) is 0 Å². The van der Waals surface area contributed by atoms with Gasteiger partial charge in [-0.25, -0.2) is 0 Å². The summed E-state index contributed by atoms with van der Waals surface area (Å²) in [7, 11) is 0. The normalized spacial score (nSPS) is 18.0. The van der Waals surface area contributed by atoms with Crippen molar-refractivity contribution in [2.45, 2.75) is 26.7 Å². The van der Waals surface area contributed by atoms with E-state index in [-0.39, 0.29) is 18.3 Å². The maximum Gasteiger partial charge on any atom is 0.287 e. The van der Waals surface area contributed by atoms with Gasteiger partial charge >= 0.3 is 0 Å².